The van der Waals surface area contributed by atoms with E-state index in [1.165, 1.54) is 12.1 Å². The maximum atomic E-state index is 14.2. The predicted molar refractivity (Wildman–Crippen MR) is 79.4 cm³/mol. The van der Waals surface area contributed by atoms with Gasteiger partial charge in [-0.25, -0.2) is 0 Å². The maximum absolute atomic E-state index is 14.2. The third-order valence-electron chi connectivity index (χ3n) is 2.59. The van der Waals surface area contributed by atoms with E-state index in [2.05, 4.69) is 13.6 Å². The molecule has 1 atom stereocenters. The summed E-state index contributed by atoms with van der Waals surface area (Å²) >= 11 is 0. The van der Waals surface area contributed by atoms with Gasteiger partial charge in [-0.3, -0.25) is 0 Å². The molecule has 1 unspecified atom stereocenters. The van der Waals surface area contributed by atoms with Crippen LogP contribution >= 0.6 is 23.4 Å². The molecule has 4 nitrogen and oxygen atoms in total. The highest BCUT2D eigenvalue weighted by atomic mass is 31.3. The van der Waals surface area contributed by atoms with Crippen LogP contribution in [0.25, 0.3) is 0 Å². The predicted octanol–water partition coefficient (Wildman–Crippen LogP) is 8.06. The smallest absolute Gasteiger partial charge is 0.419 e. The highest BCUT2D eigenvalue weighted by Crippen LogP contribution is 2.81. The number of nitrogens with zero attached hydrogens (tertiary/aromatic N) is 3. The van der Waals surface area contributed by atoms with Gasteiger partial charge in [0, 0.05) is 0 Å². The van der Waals surface area contributed by atoms with Crippen molar-refractivity contribution in [2.75, 3.05) is 0 Å². The summed E-state index contributed by atoms with van der Waals surface area (Å²) in [4.78, 5) is 0. The molecular weight excluding hydrogens is 366 g/mol. The van der Waals surface area contributed by atoms with Gasteiger partial charge in [-0.05, 0) is 23.1 Å². The first-order valence-electron chi connectivity index (χ1n) is 6.00. The van der Waals surface area contributed by atoms with E-state index in [9.17, 15) is 21.0 Å². The minimum absolute atomic E-state index is 0.182. The topological polar surface area (TPSA) is 46.3 Å². The van der Waals surface area contributed by atoms with Crippen LogP contribution in [-0.2, 0) is 5.41 Å². The fourth-order valence-electron chi connectivity index (χ4n) is 1.64. The molecule has 0 N–H and O–H groups in total. The lowest BCUT2D eigenvalue weighted by atomic mass is 9.87. The Morgan fingerprint density at radius 1 is 0.818 bits per heavy atom. The summed E-state index contributed by atoms with van der Waals surface area (Å²) in [6, 6.07) is 5.81. The van der Waals surface area contributed by atoms with Crippen molar-refractivity contribution < 1.29 is 25.5 Å². The maximum Gasteiger partial charge on any atom is 0.441 e. The van der Waals surface area contributed by atoms with E-state index < -0.39 is 23.4 Å². The normalized spacial score (nSPS) is 26.4. The zero-order valence-corrected chi connectivity index (χ0v) is 14.5. The molecule has 1 aromatic rings. The van der Waals surface area contributed by atoms with Gasteiger partial charge in [0.1, 0.15) is 5.75 Å². The number of hydrogen-bond donors (Lipinski definition) is 0. The van der Waals surface area contributed by atoms with Crippen molar-refractivity contribution in [2.45, 2.75) is 26.2 Å². The van der Waals surface area contributed by atoms with Gasteiger partial charge < -0.3 is 4.52 Å². The highest BCUT2D eigenvalue weighted by molar-refractivity contribution is 7.77. The molecule has 1 aliphatic heterocycles. The highest BCUT2D eigenvalue weighted by Gasteiger charge is 2.41. The summed E-state index contributed by atoms with van der Waals surface area (Å²) < 4.78 is 78.0. The van der Waals surface area contributed by atoms with Crippen molar-refractivity contribution in [1.82, 2.24) is 0 Å². The molecule has 0 spiro atoms. The van der Waals surface area contributed by atoms with Gasteiger partial charge in [0.15, 0.2) is 0 Å². The minimum Gasteiger partial charge on any atom is -0.419 e. The molecule has 1 aromatic carbocycles. The van der Waals surface area contributed by atoms with Gasteiger partial charge in [0.05, 0.1) is 0 Å². The molecule has 0 aliphatic carbocycles. The van der Waals surface area contributed by atoms with E-state index in [4.69, 9.17) is 0 Å². The Hall–Kier alpha value is -0.640. The van der Waals surface area contributed by atoms with Crippen molar-refractivity contribution in [3.63, 3.8) is 0 Å². The zero-order chi connectivity index (χ0) is 16.8. The molecule has 2 rings (SSSR count). The molecule has 0 saturated carbocycles. The van der Waals surface area contributed by atoms with Gasteiger partial charge in [-0.15, -0.1) is 34.5 Å². The first kappa shape index (κ1) is 17.7. The van der Waals surface area contributed by atoms with Crippen LogP contribution in [0.2, 0.25) is 0 Å². The number of halogens is 5. The van der Waals surface area contributed by atoms with E-state index in [-0.39, 0.29) is 11.2 Å². The lowest BCUT2D eigenvalue weighted by Gasteiger charge is -2.20. The van der Waals surface area contributed by atoms with Crippen molar-refractivity contribution in [2.24, 2.45) is 13.5 Å². The molecular formula is C10H13F5N3OP3. The van der Waals surface area contributed by atoms with Crippen LogP contribution in [0.1, 0.15) is 26.3 Å². The van der Waals surface area contributed by atoms with E-state index in [1.54, 1.807) is 12.1 Å². The Morgan fingerprint density at radius 2 is 1.32 bits per heavy atom. The van der Waals surface area contributed by atoms with Crippen molar-refractivity contribution in [1.29, 1.82) is 0 Å². The van der Waals surface area contributed by atoms with Crippen LogP contribution in [-0.4, -0.2) is 0 Å². The molecule has 0 fully saturated rings. The van der Waals surface area contributed by atoms with Crippen molar-refractivity contribution >= 4 is 23.4 Å². The first-order valence-corrected chi connectivity index (χ1v) is 10.5. The fraction of sp³-hybridized carbons (Fsp3) is 0.400. The summed E-state index contributed by atoms with van der Waals surface area (Å²) in [5.74, 6) is -0.182. The lowest BCUT2D eigenvalue weighted by Crippen LogP contribution is -2.10. The Bertz CT molecular complexity index is 737. The molecule has 0 bridgehead atoms. The van der Waals surface area contributed by atoms with Gasteiger partial charge in [-0.2, -0.15) is 0 Å². The Balaban J connectivity index is 2.37. The molecule has 0 saturated heterocycles. The molecule has 1 heterocycles. The summed E-state index contributed by atoms with van der Waals surface area (Å²) in [6.07, 6.45) is 0. The molecule has 1 aliphatic rings. The summed E-state index contributed by atoms with van der Waals surface area (Å²) in [5, 5.41) is 0. The van der Waals surface area contributed by atoms with Crippen LogP contribution in [0.4, 0.5) is 21.0 Å². The number of hydrogen-bond acceptors (Lipinski definition) is 4. The minimum atomic E-state index is -5.75. The van der Waals surface area contributed by atoms with Crippen molar-refractivity contribution in [3.05, 3.63) is 29.8 Å². The quantitative estimate of drug-likeness (QED) is 0.379. The molecule has 0 amide bonds. The molecule has 12 heteroatoms. The Morgan fingerprint density at radius 3 is 1.77 bits per heavy atom. The Labute approximate surface area is 125 Å². The van der Waals surface area contributed by atoms with E-state index in [0.29, 0.717) is 0 Å². The van der Waals surface area contributed by atoms with E-state index >= 15 is 0 Å². The van der Waals surface area contributed by atoms with E-state index in [1.807, 2.05) is 25.3 Å². The standard InChI is InChI=1S/C10H13F5N3OP3/c1-10(2,3)8-4-6-9(7-5-8)19-22(15)17-20(11,12)16-21(13,14)18-22/h4-7H,1-3H3. The van der Waals surface area contributed by atoms with Crippen LogP contribution in [0.3, 0.4) is 0 Å². The fourth-order valence-corrected chi connectivity index (χ4v) is 6.87. The summed E-state index contributed by atoms with van der Waals surface area (Å²) in [6.45, 7) is 5.82. The second-order valence-electron chi connectivity index (χ2n) is 5.52. The average Bonchev–Trinajstić information content (AvgIpc) is 2.22. The average molecular weight is 379 g/mol. The third kappa shape index (κ3) is 4.43. The lowest BCUT2D eigenvalue weighted by molar-refractivity contribution is 0.545. The van der Waals surface area contributed by atoms with Gasteiger partial charge in [-0.1, -0.05) is 32.9 Å². The SMILES string of the molecule is CC(C)(C)c1ccc(OP2(F)=NP(F)(F)=NP(F)(F)=N2)cc1. The van der Waals surface area contributed by atoms with E-state index in [0.717, 1.165) is 5.56 Å². The second-order valence-corrected chi connectivity index (χ2v) is 10.6. The van der Waals surface area contributed by atoms with Crippen LogP contribution in [0, 0.1) is 0 Å². The number of rotatable bonds is 2. The molecule has 124 valence electrons. The van der Waals surface area contributed by atoms with Crippen LogP contribution in [0.15, 0.2) is 37.8 Å². The number of benzene rings is 1. The third-order valence-corrected chi connectivity index (χ3v) is 8.24. The largest absolute Gasteiger partial charge is 0.441 e. The second kappa shape index (κ2) is 5.47. The molecule has 0 aromatic heterocycles. The zero-order valence-electron chi connectivity index (χ0n) is 11.8. The Kier molecular flexibility index (Phi) is 4.40. The monoisotopic (exact) mass is 379 g/mol. The van der Waals surface area contributed by atoms with Gasteiger partial charge in [0.2, 0.25) is 0 Å². The van der Waals surface area contributed by atoms with Gasteiger partial charge >= 0.3 is 23.4 Å². The summed E-state index contributed by atoms with van der Waals surface area (Å²) in [5.41, 5.74) is 0.700. The van der Waals surface area contributed by atoms with Crippen LogP contribution in [0.5, 0.6) is 5.75 Å². The summed E-state index contributed by atoms with van der Waals surface area (Å²) in [7, 11) is -16.6. The first-order chi connectivity index (χ1) is 9.80. The molecule has 0 radical (unpaired) electrons. The van der Waals surface area contributed by atoms with Crippen LogP contribution < -0.4 is 4.52 Å². The molecule has 22 heavy (non-hydrogen) atoms. The van der Waals surface area contributed by atoms with Crippen molar-refractivity contribution in [3.8, 4) is 5.75 Å². The van der Waals surface area contributed by atoms with Gasteiger partial charge in [0.25, 0.3) is 0 Å².